The molecule has 0 N–H and O–H groups in total. The normalized spacial score (nSPS) is 11.6. The van der Waals surface area contributed by atoms with E-state index in [1.807, 2.05) is 6.07 Å². The fraction of sp³-hybridized carbons (Fsp3) is 0.111. The van der Waals surface area contributed by atoms with Crippen LogP contribution < -0.4 is 0 Å². The van der Waals surface area contributed by atoms with E-state index in [2.05, 4.69) is 68.9 Å². The Bertz CT molecular complexity index is 241. The average Bonchev–Trinajstić information content (AvgIpc) is 2.07. The Morgan fingerprint density at radius 3 is 2.55 bits per heavy atom. The van der Waals surface area contributed by atoms with Gasteiger partial charge in [-0.05, 0) is 28.2 Å². The summed E-state index contributed by atoms with van der Waals surface area (Å²) in [6.07, 6.45) is 2.15. The number of allylic oxidation sites excluding steroid dienone is 1. The highest BCUT2D eigenvalue weighted by Crippen LogP contribution is 2.20. The summed E-state index contributed by atoms with van der Waals surface area (Å²) in [4.78, 5) is 0. The Kier molecular flexibility index (Phi) is 4.15. The number of rotatable bonds is 2. The van der Waals surface area contributed by atoms with Crippen LogP contribution in [0.25, 0.3) is 3.58 Å². The smallest absolute Gasteiger partial charge is 0.0225 e. The van der Waals surface area contributed by atoms with E-state index in [1.54, 1.807) is 0 Å². The van der Waals surface area contributed by atoms with E-state index in [1.165, 1.54) is 9.14 Å². The van der Waals surface area contributed by atoms with E-state index in [0.717, 1.165) is 5.33 Å². The molecule has 0 radical (unpaired) electrons. The average molecular weight is 323 g/mol. The van der Waals surface area contributed by atoms with Gasteiger partial charge in [0.15, 0.2) is 0 Å². The van der Waals surface area contributed by atoms with E-state index in [0.29, 0.717) is 0 Å². The summed E-state index contributed by atoms with van der Waals surface area (Å²) in [6.45, 7) is 0. The molecule has 0 unspecified atom stereocenters. The molecule has 0 aliphatic rings. The molecule has 0 atom stereocenters. The molecule has 0 aliphatic carbocycles. The lowest BCUT2D eigenvalue weighted by Gasteiger charge is -1.96. The van der Waals surface area contributed by atoms with Crippen LogP contribution in [0.2, 0.25) is 0 Å². The monoisotopic (exact) mass is 322 g/mol. The highest BCUT2D eigenvalue weighted by Gasteiger charge is 1.92. The van der Waals surface area contributed by atoms with E-state index in [-0.39, 0.29) is 0 Å². The molecule has 0 fully saturated rings. The molecular weight excluding hydrogens is 315 g/mol. The molecule has 11 heavy (non-hydrogen) atoms. The van der Waals surface area contributed by atoms with Crippen LogP contribution in [-0.2, 0) is 0 Å². The van der Waals surface area contributed by atoms with Crippen LogP contribution in [0, 0.1) is 0 Å². The highest BCUT2D eigenvalue weighted by molar-refractivity contribution is 14.1. The Labute approximate surface area is 89.0 Å². The van der Waals surface area contributed by atoms with E-state index in [9.17, 15) is 0 Å². The minimum absolute atomic E-state index is 0.917. The zero-order chi connectivity index (χ0) is 8.10. The molecule has 0 heterocycles. The van der Waals surface area contributed by atoms with Gasteiger partial charge in [0.2, 0.25) is 0 Å². The van der Waals surface area contributed by atoms with Crippen molar-refractivity contribution in [2.45, 2.75) is 0 Å². The van der Waals surface area contributed by atoms with Crippen molar-refractivity contribution in [2.24, 2.45) is 0 Å². The van der Waals surface area contributed by atoms with Gasteiger partial charge < -0.3 is 0 Å². The molecular formula is C9H8BrI. The van der Waals surface area contributed by atoms with Gasteiger partial charge in [0.25, 0.3) is 0 Å². The number of hydrogen-bond donors (Lipinski definition) is 0. The van der Waals surface area contributed by atoms with Crippen molar-refractivity contribution < 1.29 is 0 Å². The third-order valence-corrected chi connectivity index (χ3v) is 2.69. The van der Waals surface area contributed by atoms with Crippen LogP contribution in [0.5, 0.6) is 0 Å². The molecule has 2 heteroatoms. The van der Waals surface area contributed by atoms with Crippen LogP contribution in [0.3, 0.4) is 0 Å². The molecule has 1 aromatic carbocycles. The van der Waals surface area contributed by atoms with Crippen molar-refractivity contribution in [1.29, 1.82) is 0 Å². The van der Waals surface area contributed by atoms with Crippen molar-refractivity contribution in [1.82, 2.24) is 0 Å². The molecule has 1 rings (SSSR count). The summed E-state index contributed by atoms with van der Waals surface area (Å²) in [5.41, 5.74) is 1.28. The van der Waals surface area contributed by atoms with Crippen LogP contribution in [-0.4, -0.2) is 5.33 Å². The molecule has 0 saturated heterocycles. The number of halogens is 2. The van der Waals surface area contributed by atoms with Crippen LogP contribution in [0.1, 0.15) is 5.56 Å². The maximum Gasteiger partial charge on any atom is 0.0225 e. The second-order valence-corrected chi connectivity index (χ2v) is 3.88. The summed E-state index contributed by atoms with van der Waals surface area (Å²) in [5.74, 6) is 0. The molecule has 0 spiro atoms. The Morgan fingerprint density at radius 2 is 2.00 bits per heavy atom. The summed E-state index contributed by atoms with van der Waals surface area (Å²) in [7, 11) is 0. The van der Waals surface area contributed by atoms with E-state index >= 15 is 0 Å². The molecule has 58 valence electrons. The molecule has 0 aromatic heterocycles. The van der Waals surface area contributed by atoms with Gasteiger partial charge in [-0.25, -0.2) is 0 Å². The molecule has 0 amide bonds. The predicted octanol–water partition coefficient (Wildman–Crippen LogP) is 3.86. The van der Waals surface area contributed by atoms with Crippen LogP contribution >= 0.6 is 38.5 Å². The zero-order valence-corrected chi connectivity index (χ0v) is 9.67. The predicted molar refractivity (Wildman–Crippen MR) is 62.2 cm³/mol. The second-order valence-electron chi connectivity index (χ2n) is 2.07. The fourth-order valence-electron chi connectivity index (χ4n) is 0.783. The van der Waals surface area contributed by atoms with Crippen molar-refractivity contribution in [3.05, 3.63) is 42.0 Å². The largest absolute Gasteiger partial charge is 0.0882 e. The topological polar surface area (TPSA) is 0 Å². The van der Waals surface area contributed by atoms with Gasteiger partial charge in [0.05, 0.1) is 0 Å². The molecule has 0 saturated carbocycles. The minimum atomic E-state index is 0.917. The Hall–Kier alpha value is 0.170. The van der Waals surface area contributed by atoms with Gasteiger partial charge in [-0.3, -0.25) is 0 Å². The maximum absolute atomic E-state index is 3.37. The number of benzene rings is 1. The number of alkyl halides is 1. The summed E-state index contributed by atoms with van der Waals surface area (Å²) in [5, 5.41) is 0.917. The van der Waals surface area contributed by atoms with E-state index < -0.39 is 0 Å². The van der Waals surface area contributed by atoms with Gasteiger partial charge in [-0.15, -0.1) is 0 Å². The lowest BCUT2D eigenvalue weighted by Crippen LogP contribution is -1.74. The Balaban J connectivity index is 2.85. The molecule has 0 nitrogen and oxygen atoms in total. The third-order valence-electron chi connectivity index (χ3n) is 1.31. The van der Waals surface area contributed by atoms with Gasteiger partial charge in [0, 0.05) is 8.91 Å². The van der Waals surface area contributed by atoms with Crippen molar-refractivity contribution in [3.8, 4) is 0 Å². The second kappa shape index (κ2) is 4.93. The summed E-state index contributed by atoms with van der Waals surface area (Å²) >= 11 is 5.70. The Morgan fingerprint density at radius 1 is 1.36 bits per heavy atom. The molecule has 0 bridgehead atoms. The standard InChI is InChI=1S/C9H8BrI/c10-7-6-9(11)8-4-2-1-3-5-8/h1-6H,7H2/b9-6-. The summed E-state index contributed by atoms with van der Waals surface area (Å²) in [6, 6.07) is 10.4. The first-order valence-corrected chi connectivity index (χ1v) is 5.51. The van der Waals surface area contributed by atoms with Crippen molar-refractivity contribution in [2.75, 3.05) is 5.33 Å². The third kappa shape index (κ3) is 2.95. The highest BCUT2D eigenvalue weighted by atomic mass is 127. The van der Waals surface area contributed by atoms with Gasteiger partial charge >= 0.3 is 0 Å². The molecule has 1 aromatic rings. The van der Waals surface area contributed by atoms with E-state index in [4.69, 9.17) is 0 Å². The minimum Gasteiger partial charge on any atom is -0.0882 e. The first-order chi connectivity index (χ1) is 5.34. The van der Waals surface area contributed by atoms with Gasteiger partial charge in [-0.1, -0.05) is 52.3 Å². The van der Waals surface area contributed by atoms with Crippen molar-refractivity contribution in [3.63, 3.8) is 0 Å². The zero-order valence-electron chi connectivity index (χ0n) is 5.93. The fourth-order valence-corrected chi connectivity index (χ4v) is 2.29. The lowest BCUT2D eigenvalue weighted by atomic mass is 10.2. The lowest BCUT2D eigenvalue weighted by molar-refractivity contribution is 1.65. The van der Waals surface area contributed by atoms with Gasteiger partial charge in [0.1, 0.15) is 0 Å². The van der Waals surface area contributed by atoms with Crippen LogP contribution in [0.4, 0.5) is 0 Å². The number of hydrogen-bond acceptors (Lipinski definition) is 0. The SMILES string of the molecule is BrC/C=C(\I)c1ccccc1. The van der Waals surface area contributed by atoms with Crippen LogP contribution in [0.15, 0.2) is 36.4 Å². The maximum atomic E-state index is 3.37. The quantitative estimate of drug-likeness (QED) is 0.573. The molecule has 0 aliphatic heterocycles. The first kappa shape index (κ1) is 9.26. The first-order valence-electron chi connectivity index (χ1n) is 3.31. The van der Waals surface area contributed by atoms with Crippen molar-refractivity contribution >= 4 is 42.1 Å². The summed E-state index contributed by atoms with van der Waals surface area (Å²) < 4.78 is 1.29. The van der Waals surface area contributed by atoms with Gasteiger partial charge in [-0.2, -0.15) is 0 Å².